The Kier molecular flexibility index (Phi) is 15.5. The fraction of sp³-hybridized carbons (Fsp3) is 0.750. The smallest absolute Gasteiger partial charge is 0.336 e. The molecule has 1 unspecified atom stereocenters. The highest BCUT2D eigenvalue weighted by atomic mass is 16.7. The molecule has 0 aliphatic carbocycles. The van der Waals surface area contributed by atoms with Crippen LogP contribution in [0.15, 0.2) is 24.8 Å². The van der Waals surface area contributed by atoms with Gasteiger partial charge in [0.15, 0.2) is 0 Å². The third kappa shape index (κ3) is 12.7. The summed E-state index contributed by atoms with van der Waals surface area (Å²) < 4.78 is 11.1. The van der Waals surface area contributed by atoms with Gasteiger partial charge in [-0.2, -0.15) is 0 Å². The van der Waals surface area contributed by atoms with Gasteiger partial charge in [-0.25, -0.2) is 9.59 Å². The molecule has 0 saturated heterocycles. The zero-order valence-corrected chi connectivity index (χ0v) is 18.5. The number of carbonyl (C=O) groups is 2. The molecule has 1 atom stereocenters. The molecule has 0 rings (SSSR count). The molecule has 0 aromatic heterocycles. The van der Waals surface area contributed by atoms with Crippen LogP contribution in [0.4, 0.5) is 0 Å². The van der Waals surface area contributed by atoms with E-state index < -0.39 is 17.7 Å². The van der Waals surface area contributed by atoms with E-state index in [4.69, 9.17) is 9.47 Å². The van der Waals surface area contributed by atoms with Crippen molar-refractivity contribution in [2.24, 2.45) is 0 Å². The summed E-state index contributed by atoms with van der Waals surface area (Å²) in [6.07, 6.45) is 16.4. The van der Waals surface area contributed by atoms with Crippen LogP contribution in [0.3, 0.4) is 0 Å². The first kappa shape index (κ1) is 26.4. The Labute approximate surface area is 172 Å². The first-order valence-corrected chi connectivity index (χ1v) is 11.1. The molecule has 0 amide bonds. The van der Waals surface area contributed by atoms with Crippen molar-refractivity contribution in [3.8, 4) is 0 Å². The van der Waals surface area contributed by atoms with Crippen molar-refractivity contribution in [1.82, 2.24) is 0 Å². The van der Waals surface area contributed by atoms with Crippen LogP contribution >= 0.6 is 0 Å². The van der Waals surface area contributed by atoms with E-state index >= 15 is 0 Å². The molecule has 4 nitrogen and oxygen atoms in total. The summed E-state index contributed by atoms with van der Waals surface area (Å²) in [5.41, 5.74) is 0.300. The highest BCUT2D eigenvalue weighted by Crippen LogP contribution is 2.29. The fourth-order valence-corrected chi connectivity index (χ4v) is 3.27. The van der Waals surface area contributed by atoms with Gasteiger partial charge in [-0.15, -0.1) is 0 Å². The van der Waals surface area contributed by atoms with Gasteiger partial charge in [-0.1, -0.05) is 91.2 Å². The van der Waals surface area contributed by atoms with Gasteiger partial charge < -0.3 is 9.47 Å². The van der Waals surface area contributed by atoms with Gasteiger partial charge in [-0.05, 0) is 19.8 Å². The Bertz CT molecular complexity index is 469. The van der Waals surface area contributed by atoms with Gasteiger partial charge in [0.05, 0.1) is 0 Å². The lowest BCUT2D eigenvalue weighted by Gasteiger charge is -2.32. The lowest BCUT2D eigenvalue weighted by atomic mass is 10.0. The number of carbonyl (C=O) groups excluding carboxylic acids is 2. The molecule has 0 aromatic carbocycles. The minimum absolute atomic E-state index is 0.300. The van der Waals surface area contributed by atoms with Crippen molar-refractivity contribution in [2.75, 3.05) is 0 Å². The third-order valence-corrected chi connectivity index (χ3v) is 4.87. The van der Waals surface area contributed by atoms with Crippen LogP contribution in [0.2, 0.25) is 0 Å². The standard InChI is InChI=1S/C24H42O4/c1-6-9-10-11-12-13-14-15-16-17-18-20-24(19-7-2,27-22(25)8-3)28-23(26)21(4)5/h8H,3-4,6-7,9-20H2,1-2,5H3. The van der Waals surface area contributed by atoms with Gasteiger partial charge in [0, 0.05) is 24.5 Å². The zero-order valence-electron chi connectivity index (χ0n) is 18.5. The normalized spacial score (nSPS) is 12.8. The maximum Gasteiger partial charge on any atom is 0.336 e. The van der Waals surface area contributed by atoms with E-state index in [0.29, 0.717) is 18.4 Å². The highest BCUT2D eigenvalue weighted by Gasteiger charge is 2.37. The monoisotopic (exact) mass is 394 g/mol. The van der Waals surface area contributed by atoms with E-state index in [0.717, 1.165) is 31.8 Å². The predicted octanol–water partition coefficient (Wildman–Crippen LogP) is 7.03. The van der Waals surface area contributed by atoms with E-state index in [1.54, 1.807) is 6.92 Å². The molecule has 0 bridgehead atoms. The Morgan fingerprint density at radius 1 is 0.786 bits per heavy atom. The molecule has 0 heterocycles. The van der Waals surface area contributed by atoms with Crippen LogP contribution in [0.1, 0.15) is 111 Å². The Morgan fingerprint density at radius 3 is 1.71 bits per heavy atom. The van der Waals surface area contributed by atoms with Crippen LogP contribution < -0.4 is 0 Å². The zero-order chi connectivity index (χ0) is 21.3. The maximum absolute atomic E-state index is 12.1. The number of unbranched alkanes of at least 4 members (excludes halogenated alkanes) is 10. The molecule has 0 radical (unpaired) electrons. The Morgan fingerprint density at radius 2 is 1.29 bits per heavy atom. The van der Waals surface area contributed by atoms with Gasteiger partial charge >= 0.3 is 11.9 Å². The Balaban J connectivity index is 4.36. The maximum atomic E-state index is 12.1. The molecule has 0 aliphatic heterocycles. The summed E-state index contributed by atoms with van der Waals surface area (Å²) in [6.45, 7) is 12.9. The lowest BCUT2D eigenvalue weighted by Crippen LogP contribution is -2.40. The summed E-state index contributed by atoms with van der Waals surface area (Å²) >= 11 is 0. The van der Waals surface area contributed by atoms with Crippen molar-refractivity contribution in [2.45, 2.75) is 116 Å². The van der Waals surface area contributed by atoms with Crippen molar-refractivity contribution < 1.29 is 19.1 Å². The quantitative estimate of drug-likeness (QED) is 0.108. The molecule has 4 heteroatoms. The molecule has 0 N–H and O–H groups in total. The second-order valence-corrected chi connectivity index (χ2v) is 7.74. The highest BCUT2D eigenvalue weighted by molar-refractivity contribution is 5.87. The Hall–Kier alpha value is -1.58. The number of hydrogen-bond acceptors (Lipinski definition) is 4. The van der Waals surface area contributed by atoms with Crippen molar-refractivity contribution in [1.29, 1.82) is 0 Å². The van der Waals surface area contributed by atoms with Gasteiger partial charge in [0.25, 0.3) is 5.79 Å². The van der Waals surface area contributed by atoms with Crippen molar-refractivity contribution in [3.05, 3.63) is 24.8 Å². The molecule has 28 heavy (non-hydrogen) atoms. The number of esters is 2. The van der Waals surface area contributed by atoms with E-state index in [1.807, 2.05) is 6.92 Å². The van der Waals surface area contributed by atoms with Gasteiger partial charge in [0.2, 0.25) is 0 Å². The van der Waals surface area contributed by atoms with E-state index in [1.165, 1.54) is 51.4 Å². The topological polar surface area (TPSA) is 52.6 Å². The van der Waals surface area contributed by atoms with E-state index in [2.05, 4.69) is 20.1 Å². The summed E-state index contributed by atoms with van der Waals surface area (Å²) in [5, 5.41) is 0. The molecule has 0 fully saturated rings. The summed E-state index contributed by atoms with van der Waals surface area (Å²) in [6, 6.07) is 0. The minimum atomic E-state index is -1.21. The van der Waals surface area contributed by atoms with Crippen LogP contribution in [-0.2, 0) is 19.1 Å². The van der Waals surface area contributed by atoms with Crippen LogP contribution in [-0.4, -0.2) is 17.7 Å². The van der Waals surface area contributed by atoms with Crippen molar-refractivity contribution in [3.63, 3.8) is 0 Å². The molecule has 0 aliphatic rings. The average Bonchev–Trinajstić information content (AvgIpc) is 2.66. The molecular weight excluding hydrogens is 352 g/mol. The van der Waals surface area contributed by atoms with Crippen molar-refractivity contribution >= 4 is 11.9 Å². The molecule has 162 valence electrons. The van der Waals surface area contributed by atoms with E-state index in [-0.39, 0.29) is 0 Å². The largest absolute Gasteiger partial charge is 0.419 e. The SMILES string of the molecule is C=CC(=O)OC(CCC)(CCCCCCCCCCCCC)OC(=O)C(=C)C. The molecule has 0 saturated carbocycles. The third-order valence-electron chi connectivity index (χ3n) is 4.87. The second kappa shape index (κ2) is 16.4. The lowest BCUT2D eigenvalue weighted by molar-refractivity contribution is -0.228. The summed E-state index contributed by atoms with van der Waals surface area (Å²) in [5.74, 6) is -2.30. The van der Waals surface area contributed by atoms with E-state index in [9.17, 15) is 9.59 Å². The van der Waals surface area contributed by atoms with Crippen LogP contribution in [0.25, 0.3) is 0 Å². The van der Waals surface area contributed by atoms with Gasteiger partial charge in [0.1, 0.15) is 0 Å². The fourth-order valence-electron chi connectivity index (χ4n) is 3.27. The molecule has 0 aromatic rings. The first-order valence-electron chi connectivity index (χ1n) is 11.1. The van der Waals surface area contributed by atoms with Gasteiger partial charge in [-0.3, -0.25) is 0 Å². The predicted molar refractivity (Wildman–Crippen MR) is 116 cm³/mol. The number of hydrogen-bond donors (Lipinski definition) is 0. The van der Waals surface area contributed by atoms with Crippen LogP contribution in [0.5, 0.6) is 0 Å². The summed E-state index contributed by atoms with van der Waals surface area (Å²) in [4.78, 5) is 23.9. The number of ether oxygens (including phenoxy) is 2. The second-order valence-electron chi connectivity index (χ2n) is 7.74. The number of rotatable bonds is 18. The first-order chi connectivity index (χ1) is 13.4. The molecular formula is C24H42O4. The minimum Gasteiger partial charge on any atom is -0.419 e. The van der Waals surface area contributed by atoms with Crippen LogP contribution in [0, 0.1) is 0 Å². The average molecular weight is 395 g/mol. The summed E-state index contributed by atoms with van der Waals surface area (Å²) in [7, 11) is 0. The molecule has 0 spiro atoms.